The second kappa shape index (κ2) is 3.58. The molecular formula is C13H14N2O2. The molecule has 0 bridgehead atoms. The number of hydrogen-bond donors (Lipinski definition) is 1. The number of imidazole rings is 1. The molecular weight excluding hydrogens is 216 g/mol. The van der Waals surface area contributed by atoms with Crippen molar-refractivity contribution in [2.24, 2.45) is 0 Å². The van der Waals surface area contributed by atoms with Crippen LogP contribution in [0.1, 0.15) is 37.3 Å². The van der Waals surface area contributed by atoms with Crippen LogP contribution in [-0.4, -0.2) is 20.6 Å². The average molecular weight is 230 g/mol. The highest BCUT2D eigenvalue weighted by molar-refractivity contribution is 5.81. The SMILES string of the molecule is CC(C(=O)O)c1ccc2c(c1)ncn2C1CC1. The number of fused-ring (bicyclic) bond motifs is 1. The smallest absolute Gasteiger partial charge is 0.310 e. The number of rotatable bonds is 3. The quantitative estimate of drug-likeness (QED) is 0.881. The summed E-state index contributed by atoms with van der Waals surface area (Å²) in [5.41, 5.74) is 2.81. The molecule has 88 valence electrons. The van der Waals surface area contributed by atoms with E-state index in [1.165, 1.54) is 12.8 Å². The van der Waals surface area contributed by atoms with E-state index in [-0.39, 0.29) is 0 Å². The molecule has 1 aromatic carbocycles. The zero-order chi connectivity index (χ0) is 12.0. The lowest BCUT2D eigenvalue weighted by Crippen LogP contribution is -2.07. The summed E-state index contributed by atoms with van der Waals surface area (Å²) in [4.78, 5) is 15.3. The highest BCUT2D eigenvalue weighted by Crippen LogP contribution is 2.37. The zero-order valence-corrected chi connectivity index (χ0v) is 9.63. The molecule has 0 radical (unpaired) electrons. The second-order valence-electron chi connectivity index (χ2n) is 4.69. The largest absolute Gasteiger partial charge is 0.481 e. The third-order valence-electron chi connectivity index (χ3n) is 3.41. The van der Waals surface area contributed by atoms with Gasteiger partial charge in [-0.05, 0) is 37.5 Å². The summed E-state index contributed by atoms with van der Waals surface area (Å²) >= 11 is 0. The first-order chi connectivity index (χ1) is 8.16. The Labute approximate surface area is 98.9 Å². The van der Waals surface area contributed by atoms with E-state index < -0.39 is 11.9 Å². The van der Waals surface area contributed by atoms with Crippen LogP contribution in [0.2, 0.25) is 0 Å². The van der Waals surface area contributed by atoms with Crippen molar-refractivity contribution >= 4 is 17.0 Å². The van der Waals surface area contributed by atoms with Crippen LogP contribution in [0.4, 0.5) is 0 Å². The van der Waals surface area contributed by atoms with Crippen molar-refractivity contribution in [2.75, 3.05) is 0 Å². The number of aliphatic carboxylic acids is 1. The maximum absolute atomic E-state index is 10.9. The fourth-order valence-electron chi connectivity index (χ4n) is 2.10. The maximum atomic E-state index is 10.9. The molecule has 4 nitrogen and oxygen atoms in total. The minimum absolute atomic E-state index is 0.481. The van der Waals surface area contributed by atoms with Crippen LogP contribution < -0.4 is 0 Å². The molecule has 3 rings (SSSR count). The van der Waals surface area contributed by atoms with Crippen LogP contribution in [0.15, 0.2) is 24.5 Å². The van der Waals surface area contributed by atoms with E-state index >= 15 is 0 Å². The van der Waals surface area contributed by atoms with Gasteiger partial charge < -0.3 is 9.67 Å². The first-order valence-electron chi connectivity index (χ1n) is 5.86. The van der Waals surface area contributed by atoms with Crippen molar-refractivity contribution in [3.63, 3.8) is 0 Å². The van der Waals surface area contributed by atoms with Gasteiger partial charge in [0.05, 0.1) is 23.3 Å². The Bertz CT molecular complexity index is 584. The summed E-state index contributed by atoms with van der Waals surface area (Å²) in [6, 6.07) is 6.35. The van der Waals surface area contributed by atoms with Gasteiger partial charge in [-0.1, -0.05) is 6.07 Å². The van der Waals surface area contributed by atoms with Gasteiger partial charge in [-0.25, -0.2) is 4.98 Å². The van der Waals surface area contributed by atoms with Crippen molar-refractivity contribution in [3.8, 4) is 0 Å². The monoisotopic (exact) mass is 230 g/mol. The summed E-state index contributed by atoms with van der Waals surface area (Å²) in [5.74, 6) is -1.28. The molecule has 1 heterocycles. The Balaban J connectivity index is 2.05. The predicted molar refractivity (Wildman–Crippen MR) is 64.1 cm³/mol. The maximum Gasteiger partial charge on any atom is 0.310 e. The van der Waals surface area contributed by atoms with Gasteiger partial charge in [0.15, 0.2) is 0 Å². The van der Waals surface area contributed by atoms with E-state index in [2.05, 4.69) is 9.55 Å². The number of benzene rings is 1. The fourth-order valence-corrected chi connectivity index (χ4v) is 2.10. The van der Waals surface area contributed by atoms with E-state index in [1.54, 1.807) is 6.92 Å². The van der Waals surface area contributed by atoms with Crippen molar-refractivity contribution in [1.82, 2.24) is 9.55 Å². The molecule has 4 heteroatoms. The van der Waals surface area contributed by atoms with Gasteiger partial charge in [0.2, 0.25) is 0 Å². The van der Waals surface area contributed by atoms with Gasteiger partial charge >= 0.3 is 5.97 Å². The molecule has 0 saturated heterocycles. The lowest BCUT2D eigenvalue weighted by molar-refractivity contribution is -0.138. The van der Waals surface area contributed by atoms with Gasteiger partial charge in [-0.2, -0.15) is 0 Å². The summed E-state index contributed by atoms with van der Waals surface area (Å²) in [6.45, 7) is 1.70. The Kier molecular flexibility index (Phi) is 2.18. The van der Waals surface area contributed by atoms with Crippen LogP contribution in [0.25, 0.3) is 11.0 Å². The summed E-state index contributed by atoms with van der Waals surface area (Å²) in [5, 5.41) is 8.99. The number of aromatic nitrogens is 2. The molecule has 1 saturated carbocycles. The third-order valence-corrected chi connectivity index (χ3v) is 3.41. The lowest BCUT2D eigenvalue weighted by atomic mass is 10.0. The molecule has 0 amide bonds. The molecule has 1 unspecified atom stereocenters. The number of carboxylic acids is 1. The van der Waals surface area contributed by atoms with E-state index in [4.69, 9.17) is 5.11 Å². The van der Waals surface area contributed by atoms with Gasteiger partial charge in [0.1, 0.15) is 0 Å². The van der Waals surface area contributed by atoms with Crippen LogP contribution in [0, 0.1) is 0 Å². The summed E-state index contributed by atoms with van der Waals surface area (Å²) in [7, 11) is 0. The Morgan fingerprint density at radius 3 is 2.94 bits per heavy atom. The average Bonchev–Trinajstić information content (AvgIpc) is 3.07. The Morgan fingerprint density at radius 2 is 2.29 bits per heavy atom. The van der Waals surface area contributed by atoms with Crippen molar-refractivity contribution in [3.05, 3.63) is 30.1 Å². The molecule has 17 heavy (non-hydrogen) atoms. The molecule has 1 aliphatic rings. The van der Waals surface area contributed by atoms with Gasteiger partial charge in [-0.15, -0.1) is 0 Å². The minimum atomic E-state index is -0.800. The van der Waals surface area contributed by atoms with Gasteiger partial charge in [-0.3, -0.25) is 4.79 Å². The van der Waals surface area contributed by atoms with Gasteiger partial charge in [0, 0.05) is 6.04 Å². The highest BCUT2D eigenvalue weighted by atomic mass is 16.4. The first kappa shape index (κ1) is 10.3. The van der Waals surface area contributed by atoms with Crippen molar-refractivity contribution in [1.29, 1.82) is 0 Å². The molecule has 0 aliphatic heterocycles. The third kappa shape index (κ3) is 1.69. The number of carbonyl (C=O) groups is 1. The van der Waals surface area contributed by atoms with E-state index in [1.807, 2.05) is 24.5 Å². The van der Waals surface area contributed by atoms with E-state index in [0.29, 0.717) is 6.04 Å². The predicted octanol–water partition coefficient (Wildman–Crippen LogP) is 2.56. The van der Waals surface area contributed by atoms with Crippen LogP contribution in [0.5, 0.6) is 0 Å². The molecule has 1 aliphatic carbocycles. The minimum Gasteiger partial charge on any atom is -0.481 e. The molecule has 2 aromatic rings. The van der Waals surface area contributed by atoms with Crippen LogP contribution >= 0.6 is 0 Å². The summed E-state index contributed by atoms with van der Waals surface area (Å²) < 4.78 is 2.19. The molecule has 1 atom stereocenters. The second-order valence-corrected chi connectivity index (χ2v) is 4.69. The first-order valence-corrected chi connectivity index (χ1v) is 5.86. The molecule has 1 aromatic heterocycles. The molecule has 0 spiro atoms. The van der Waals surface area contributed by atoms with Gasteiger partial charge in [0.25, 0.3) is 0 Å². The van der Waals surface area contributed by atoms with Crippen LogP contribution in [-0.2, 0) is 4.79 Å². The Morgan fingerprint density at radius 1 is 1.53 bits per heavy atom. The number of carboxylic acid groups (broad SMARTS) is 1. The van der Waals surface area contributed by atoms with Crippen molar-refractivity contribution in [2.45, 2.75) is 31.7 Å². The van der Waals surface area contributed by atoms with E-state index in [0.717, 1.165) is 16.6 Å². The Hall–Kier alpha value is -1.84. The van der Waals surface area contributed by atoms with E-state index in [9.17, 15) is 4.79 Å². The summed E-state index contributed by atoms with van der Waals surface area (Å²) in [6.07, 6.45) is 4.30. The molecule has 1 N–H and O–H groups in total. The topological polar surface area (TPSA) is 55.1 Å². The fraction of sp³-hybridized carbons (Fsp3) is 0.385. The highest BCUT2D eigenvalue weighted by Gasteiger charge is 2.25. The van der Waals surface area contributed by atoms with Crippen LogP contribution in [0.3, 0.4) is 0 Å². The standard InChI is InChI=1S/C13H14N2O2/c1-8(13(16)17)9-2-5-12-11(6-9)14-7-15(12)10-3-4-10/h2,5-8,10H,3-4H2,1H3,(H,16,17). The zero-order valence-electron chi connectivity index (χ0n) is 9.63. The number of hydrogen-bond acceptors (Lipinski definition) is 2. The van der Waals surface area contributed by atoms with Crippen molar-refractivity contribution < 1.29 is 9.90 Å². The lowest BCUT2D eigenvalue weighted by Gasteiger charge is -2.07. The number of nitrogens with zero attached hydrogens (tertiary/aromatic N) is 2. The molecule has 1 fully saturated rings. The normalized spacial score (nSPS) is 17.2.